The van der Waals surface area contributed by atoms with Crippen LogP contribution in [0.15, 0.2) is 53.4 Å². The fourth-order valence-electron chi connectivity index (χ4n) is 1.86. The van der Waals surface area contributed by atoms with Gasteiger partial charge in [-0.2, -0.15) is 0 Å². The van der Waals surface area contributed by atoms with Crippen LogP contribution in [0.4, 0.5) is 0 Å². The largest absolute Gasteiger partial charge is 0.308 e. The first-order valence-electron chi connectivity index (χ1n) is 7.14. The summed E-state index contributed by atoms with van der Waals surface area (Å²) in [6.45, 7) is 7.46. The highest BCUT2D eigenvalue weighted by atomic mass is 35.5. The number of halogens is 1. The second-order valence-corrected chi connectivity index (χ2v) is 7.65. The third-order valence-corrected chi connectivity index (χ3v) is 4.36. The maximum Gasteiger partial charge on any atom is 0.0406 e. The van der Waals surface area contributed by atoms with E-state index in [1.54, 1.807) is 0 Å². The molecule has 0 aromatic heterocycles. The summed E-state index contributed by atoms with van der Waals surface area (Å²) >= 11 is 7.76. The van der Waals surface area contributed by atoms with Crippen LogP contribution >= 0.6 is 23.4 Å². The molecule has 1 N–H and O–H groups in total. The van der Waals surface area contributed by atoms with Crippen molar-refractivity contribution in [1.29, 1.82) is 0 Å². The normalized spacial score (nSPS) is 11.6. The van der Waals surface area contributed by atoms with E-state index in [9.17, 15) is 0 Å². The van der Waals surface area contributed by atoms with Gasteiger partial charge in [0.2, 0.25) is 0 Å². The van der Waals surface area contributed by atoms with E-state index in [4.69, 9.17) is 11.6 Å². The van der Waals surface area contributed by atoms with Crippen LogP contribution in [0.25, 0.3) is 0 Å². The topological polar surface area (TPSA) is 12.0 Å². The lowest BCUT2D eigenvalue weighted by atomic mass is 10.1. The molecule has 0 radical (unpaired) electrons. The first-order valence-corrected chi connectivity index (χ1v) is 8.50. The molecule has 0 aliphatic heterocycles. The van der Waals surface area contributed by atoms with Crippen molar-refractivity contribution in [3.8, 4) is 0 Å². The number of thioether (sulfide) groups is 1. The van der Waals surface area contributed by atoms with E-state index >= 15 is 0 Å². The van der Waals surface area contributed by atoms with Crippen molar-refractivity contribution in [3.05, 3.63) is 64.7 Å². The third kappa shape index (κ3) is 6.13. The summed E-state index contributed by atoms with van der Waals surface area (Å²) in [5.74, 6) is 0.966. The zero-order valence-corrected chi connectivity index (χ0v) is 14.4. The van der Waals surface area contributed by atoms with Gasteiger partial charge in [0.25, 0.3) is 0 Å². The van der Waals surface area contributed by atoms with Crippen molar-refractivity contribution >= 4 is 23.4 Å². The molecule has 0 bridgehead atoms. The smallest absolute Gasteiger partial charge is 0.0406 e. The Labute approximate surface area is 137 Å². The molecule has 2 aromatic carbocycles. The fourth-order valence-corrected chi connectivity index (χ4v) is 2.92. The quantitative estimate of drug-likeness (QED) is 0.728. The van der Waals surface area contributed by atoms with Crippen LogP contribution in [0.2, 0.25) is 5.02 Å². The molecule has 21 heavy (non-hydrogen) atoms. The highest BCUT2D eigenvalue weighted by Crippen LogP contribution is 2.24. The van der Waals surface area contributed by atoms with Gasteiger partial charge in [0.1, 0.15) is 0 Å². The van der Waals surface area contributed by atoms with Crippen molar-refractivity contribution in [2.75, 3.05) is 0 Å². The molecule has 0 aliphatic rings. The van der Waals surface area contributed by atoms with E-state index in [1.807, 2.05) is 23.9 Å². The van der Waals surface area contributed by atoms with Gasteiger partial charge in [-0.3, -0.25) is 0 Å². The number of nitrogens with one attached hydrogen (secondary N) is 1. The average Bonchev–Trinajstić information content (AvgIpc) is 2.44. The summed E-state index contributed by atoms with van der Waals surface area (Å²) in [6.07, 6.45) is 0. The molecule has 3 heteroatoms. The van der Waals surface area contributed by atoms with Crippen molar-refractivity contribution in [2.24, 2.45) is 0 Å². The Kier molecular flexibility index (Phi) is 5.74. The molecule has 0 unspecified atom stereocenters. The summed E-state index contributed by atoms with van der Waals surface area (Å²) in [5, 5.41) is 4.31. The SMILES string of the molecule is CC(C)(C)NCc1cccc(SCc2ccc(Cl)cc2)c1. The molecule has 1 nitrogen and oxygen atoms in total. The van der Waals surface area contributed by atoms with Crippen LogP contribution in [0.5, 0.6) is 0 Å². The van der Waals surface area contributed by atoms with Gasteiger partial charge in [0.15, 0.2) is 0 Å². The lowest BCUT2D eigenvalue weighted by Gasteiger charge is -2.20. The molecule has 0 heterocycles. The van der Waals surface area contributed by atoms with Gasteiger partial charge in [-0.15, -0.1) is 11.8 Å². The Morgan fingerprint density at radius 2 is 1.71 bits per heavy atom. The predicted octanol–water partition coefficient (Wildman–Crippen LogP) is 5.52. The maximum atomic E-state index is 5.91. The lowest BCUT2D eigenvalue weighted by Crippen LogP contribution is -2.35. The maximum absolute atomic E-state index is 5.91. The van der Waals surface area contributed by atoms with Gasteiger partial charge in [-0.1, -0.05) is 35.9 Å². The third-order valence-electron chi connectivity index (χ3n) is 3.04. The molecule has 0 saturated heterocycles. The number of hydrogen-bond donors (Lipinski definition) is 1. The van der Waals surface area contributed by atoms with E-state index in [2.05, 4.69) is 62.5 Å². The molecule has 0 spiro atoms. The highest BCUT2D eigenvalue weighted by molar-refractivity contribution is 7.98. The second-order valence-electron chi connectivity index (χ2n) is 6.17. The average molecular weight is 320 g/mol. The molecule has 2 rings (SSSR count). The monoisotopic (exact) mass is 319 g/mol. The summed E-state index contributed by atoms with van der Waals surface area (Å²) in [5.41, 5.74) is 2.76. The molecule has 0 aliphatic carbocycles. The first kappa shape index (κ1) is 16.4. The van der Waals surface area contributed by atoms with Crippen LogP contribution in [0, 0.1) is 0 Å². The van der Waals surface area contributed by atoms with Crippen molar-refractivity contribution in [2.45, 2.75) is 43.5 Å². The number of rotatable bonds is 5. The summed E-state index contributed by atoms with van der Waals surface area (Å²) in [7, 11) is 0. The van der Waals surface area contributed by atoms with E-state index < -0.39 is 0 Å². The van der Waals surface area contributed by atoms with Gasteiger partial charge in [-0.25, -0.2) is 0 Å². The van der Waals surface area contributed by atoms with Gasteiger partial charge in [0.05, 0.1) is 0 Å². The van der Waals surface area contributed by atoms with Crippen LogP contribution in [-0.4, -0.2) is 5.54 Å². The number of benzene rings is 2. The molecule has 0 fully saturated rings. The van der Waals surface area contributed by atoms with Gasteiger partial charge in [0, 0.05) is 27.8 Å². The van der Waals surface area contributed by atoms with Gasteiger partial charge >= 0.3 is 0 Å². The Hall–Kier alpha value is -0.960. The van der Waals surface area contributed by atoms with Crippen LogP contribution in [0.1, 0.15) is 31.9 Å². The van der Waals surface area contributed by atoms with Crippen molar-refractivity contribution in [3.63, 3.8) is 0 Å². The standard InChI is InChI=1S/C18H22ClNS/c1-18(2,3)20-12-15-5-4-6-17(11-15)21-13-14-7-9-16(19)10-8-14/h4-11,20H,12-13H2,1-3H3. The minimum Gasteiger partial charge on any atom is -0.308 e. The predicted molar refractivity (Wildman–Crippen MR) is 94.0 cm³/mol. The molecule has 2 aromatic rings. The Morgan fingerprint density at radius 3 is 2.38 bits per heavy atom. The van der Waals surface area contributed by atoms with E-state index in [0.29, 0.717) is 0 Å². The number of hydrogen-bond acceptors (Lipinski definition) is 2. The van der Waals surface area contributed by atoms with Crippen LogP contribution < -0.4 is 5.32 Å². The molecular weight excluding hydrogens is 298 g/mol. The summed E-state index contributed by atoms with van der Waals surface area (Å²) in [6, 6.07) is 16.8. The zero-order valence-electron chi connectivity index (χ0n) is 12.8. The molecule has 112 valence electrons. The first-order chi connectivity index (χ1) is 9.92. The molecule has 0 saturated carbocycles. The molecule has 0 amide bonds. The molecule has 0 atom stereocenters. The Morgan fingerprint density at radius 1 is 1.00 bits per heavy atom. The van der Waals surface area contributed by atoms with Crippen LogP contribution in [0.3, 0.4) is 0 Å². The Balaban J connectivity index is 1.93. The zero-order chi connectivity index (χ0) is 15.3. The van der Waals surface area contributed by atoms with E-state index in [-0.39, 0.29) is 5.54 Å². The van der Waals surface area contributed by atoms with E-state index in [0.717, 1.165) is 17.3 Å². The minimum absolute atomic E-state index is 0.145. The van der Waals surface area contributed by atoms with Crippen molar-refractivity contribution < 1.29 is 0 Å². The van der Waals surface area contributed by atoms with Crippen molar-refractivity contribution in [1.82, 2.24) is 5.32 Å². The van der Waals surface area contributed by atoms with Crippen LogP contribution in [-0.2, 0) is 12.3 Å². The summed E-state index contributed by atoms with van der Waals surface area (Å²) in [4.78, 5) is 1.30. The van der Waals surface area contributed by atoms with Gasteiger partial charge in [-0.05, 0) is 56.2 Å². The van der Waals surface area contributed by atoms with Gasteiger partial charge < -0.3 is 5.32 Å². The molecular formula is C18H22ClNS. The fraction of sp³-hybridized carbons (Fsp3) is 0.333. The summed E-state index contributed by atoms with van der Waals surface area (Å²) < 4.78 is 0. The minimum atomic E-state index is 0.145. The highest BCUT2D eigenvalue weighted by Gasteiger charge is 2.08. The Bertz CT molecular complexity index is 573. The lowest BCUT2D eigenvalue weighted by molar-refractivity contribution is 0.424. The second kappa shape index (κ2) is 7.35. The van der Waals surface area contributed by atoms with E-state index in [1.165, 1.54) is 16.0 Å².